The van der Waals surface area contributed by atoms with Crippen molar-refractivity contribution in [3.8, 4) is 5.75 Å². The Labute approximate surface area is 116 Å². The standard InChI is InChI=1S/C16H25NO2/c1-14(2)10-6-3-4-9-13-17-16(18)19-15-11-7-5-8-12-15/h5,7-8,11-12,14H,3-4,6,9-10,13H2,1-2H3,(H,17,18). The van der Waals surface area contributed by atoms with Crippen molar-refractivity contribution in [3.63, 3.8) is 0 Å². The van der Waals surface area contributed by atoms with Crippen LogP contribution < -0.4 is 10.1 Å². The van der Waals surface area contributed by atoms with Gasteiger partial charge in [0.05, 0.1) is 0 Å². The number of ether oxygens (including phenoxy) is 1. The van der Waals surface area contributed by atoms with Crippen molar-refractivity contribution in [2.45, 2.75) is 46.0 Å². The molecule has 1 aromatic rings. The SMILES string of the molecule is CC(C)CCCCCCNC(=O)Oc1ccccc1. The first kappa shape index (κ1) is 15.5. The Morgan fingerprint density at radius 2 is 1.79 bits per heavy atom. The highest BCUT2D eigenvalue weighted by Gasteiger charge is 2.02. The van der Waals surface area contributed by atoms with E-state index in [4.69, 9.17) is 4.74 Å². The third kappa shape index (κ3) is 8.25. The number of rotatable bonds is 8. The van der Waals surface area contributed by atoms with Crippen molar-refractivity contribution in [2.75, 3.05) is 6.54 Å². The van der Waals surface area contributed by atoms with Gasteiger partial charge in [-0.15, -0.1) is 0 Å². The second-order valence-electron chi connectivity index (χ2n) is 5.23. The lowest BCUT2D eigenvalue weighted by Gasteiger charge is -2.07. The molecule has 3 heteroatoms. The van der Waals surface area contributed by atoms with Crippen molar-refractivity contribution < 1.29 is 9.53 Å². The fourth-order valence-corrected chi connectivity index (χ4v) is 1.85. The number of unbranched alkanes of at least 4 members (excludes halogenated alkanes) is 3. The summed E-state index contributed by atoms with van der Waals surface area (Å²) in [4.78, 5) is 11.5. The summed E-state index contributed by atoms with van der Waals surface area (Å²) in [6, 6.07) is 9.12. The Balaban J connectivity index is 1.99. The van der Waals surface area contributed by atoms with E-state index < -0.39 is 0 Å². The minimum Gasteiger partial charge on any atom is -0.410 e. The predicted octanol–water partition coefficient (Wildman–Crippen LogP) is 4.38. The fraction of sp³-hybridized carbons (Fsp3) is 0.562. The zero-order chi connectivity index (χ0) is 13.9. The maximum Gasteiger partial charge on any atom is 0.412 e. The number of carbonyl (C=O) groups excluding carboxylic acids is 1. The molecule has 0 saturated carbocycles. The van der Waals surface area contributed by atoms with Crippen LogP contribution in [0.25, 0.3) is 0 Å². The molecule has 0 aliphatic carbocycles. The largest absolute Gasteiger partial charge is 0.412 e. The highest BCUT2D eigenvalue weighted by atomic mass is 16.5. The van der Waals surface area contributed by atoms with Gasteiger partial charge in [0.25, 0.3) is 0 Å². The molecule has 0 aromatic heterocycles. The van der Waals surface area contributed by atoms with Crippen LogP contribution in [0.4, 0.5) is 4.79 Å². The lowest BCUT2D eigenvalue weighted by Crippen LogP contribution is -2.27. The van der Waals surface area contributed by atoms with Gasteiger partial charge in [-0.1, -0.05) is 57.7 Å². The first-order valence-corrected chi connectivity index (χ1v) is 7.19. The van der Waals surface area contributed by atoms with Crippen LogP contribution >= 0.6 is 0 Å². The third-order valence-corrected chi connectivity index (χ3v) is 2.93. The summed E-state index contributed by atoms with van der Waals surface area (Å²) in [5.74, 6) is 1.37. The Morgan fingerprint density at radius 3 is 2.47 bits per heavy atom. The zero-order valence-electron chi connectivity index (χ0n) is 12.0. The second-order valence-corrected chi connectivity index (χ2v) is 5.23. The van der Waals surface area contributed by atoms with Crippen LogP contribution in [-0.4, -0.2) is 12.6 Å². The molecule has 106 valence electrons. The van der Waals surface area contributed by atoms with Crippen LogP contribution in [0, 0.1) is 5.92 Å². The van der Waals surface area contributed by atoms with E-state index in [9.17, 15) is 4.79 Å². The van der Waals surface area contributed by atoms with Gasteiger partial charge in [-0.3, -0.25) is 0 Å². The van der Waals surface area contributed by atoms with E-state index >= 15 is 0 Å². The average molecular weight is 263 g/mol. The van der Waals surface area contributed by atoms with Crippen molar-refractivity contribution in [1.82, 2.24) is 5.32 Å². The molecule has 0 bridgehead atoms. The Morgan fingerprint density at radius 1 is 1.11 bits per heavy atom. The van der Waals surface area contributed by atoms with Crippen LogP contribution in [-0.2, 0) is 0 Å². The first-order chi connectivity index (χ1) is 9.18. The van der Waals surface area contributed by atoms with E-state index in [1.54, 1.807) is 12.1 Å². The Hall–Kier alpha value is -1.51. The molecular weight excluding hydrogens is 238 g/mol. The van der Waals surface area contributed by atoms with Crippen molar-refractivity contribution in [2.24, 2.45) is 5.92 Å². The number of hydrogen-bond acceptors (Lipinski definition) is 2. The molecule has 0 unspecified atom stereocenters. The monoisotopic (exact) mass is 263 g/mol. The molecule has 0 saturated heterocycles. The van der Waals surface area contributed by atoms with Gasteiger partial charge in [-0.05, 0) is 24.5 Å². The van der Waals surface area contributed by atoms with E-state index in [1.165, 1.54) is 25.7 Å². The molecule has 1 amide bonds. The summed E-state index contributed by atoms with van der Waals surface area (Å²) in [5.41, 5.74) is 0. The second kappa shape index (κ2) is 9.42. The molecule has 0 fully saturated rings. The highest BCUT2D eigenvalue weighted by Crippen LogP contribution is 2.09. The Bertz CT molecular complexity index is 349. The fourth-order valence-electron chi connectivity index (χ4n) is 1.85. The molecule has 0 aliphatic heterocycles. The average Bonchev–Trinajstić information content (AvgIpc) is 2.38. The number of carbonyl (C=O) groups is 1. The number of benzene rings is 1. The normalized spacial score (nSPS) is 10.5. The molecule has 0 atom stereocenters. The maximum atomic E-state index is 11.5. The quantitative estimate of drug-likeness (QED) is 0.707. The van der Waals surface area contributed by atoms with Gasteiger partial charge in [0, 0.05) is 6.54 Å². The molecule has 0 radical (unpaired) electrons. The molecule has 19 heavy (non-hydrogen) atoms. The van der Waals surface area contributed by atoms with E-state index in [0.717, 1.165) is 12.3 Å². The molecule has 3 nitrogen and oxygen atoms in total. The number of para-hydroxylation sites is 1. The molecular formula is C16H25NO2. The van der Waals surface area contributed by atoms with Gasteiger partial charge in [-0.25, -0.2) is 4.79 Å². The number of nitrogens with one attached hydrogen (secondary N) is 1. The van der Waals surface area contributed by atoms with Crippen molar-refractivity contribution in [1.29, 1.82) is 0 Å². The van der Waals surface area contributed by atoms with Crippen molar-refractivity contribution >= 4 is 6.09 Å². The highest BCUT2D eigenvalue weighted by molar-refractivity contribution is 5.70. The smallest absolute Gasteiger partial charge is 0.410 e. The summed E-state index contributed by atoms with van der Waals surface area (Å²) in [5, 5.41) is 2.77. The summed E-state index contributed by atoms with van der Waals surface area (Å²) < 4.78 is 5.12. The predicted molar refractivity (Wildman–Crippen MR) is 78.4 cm³/mol. The van der Waals surface area contributed by atoms with Crippen LogP contribution in [0.1, 0.15) is 46.0 Å². The van der Waals surface area contributed by atoms with Crippen LogP contribution in [0.2, 0.25) is 0 Å². The molecule has 0 heterocycles. The summed E-state index contributed by atoms with van der Waals surface area (Å²) in [7, 11) is 0. The molecule has 1 N–H and O–H groups in total. The van der Waals surface area contributed by atoms with E-state index in [-0.39, 0.29) is 6.09 Å². The minimum absolute atomic E-state index is 0.367. The van der Waals surface area contributed by atoms with Crippen LogP contribution in [0.15, 0.2) is 30.3 Å². The maximum absolute atomic E-state index is 11.5. The summed E-state index contributed by atoms with van der Waals surface area (Å²) in [6.07, 6.45) is 5.64. The summed E-state index contributed by atoms with van der Waals surface area (Å²) >= 11 is 0. The van der Waals surface area contributed by atoms with E-state index in [2.05, 4.69) is 19.2 Å². The van der Waals surface area contributed by atoms with Gasteiger partial charge in [0.1, 0.15) is 5.75 Å². The van der Waals surface area contributed by atoms with Gasteiger partial charge in [-0.2, -0.15) is 0 Å². The van der Waals surface area contributed by atoms with E-state index in [0.29, 0.717) is 12.3 Å². The minimum atomic E-state index is -0.367. The zero-order valence-corrected chi connectivity index (χ0v) is 12.0. The van der Waals surface area contributed by atoms with Gasteiger partial charge >= 0.3 is 6.09 Å². The Kier molecular flexibility index (Phi) is 7.71. The molecule has 0 spiro atoms. The topological polar surface area (TPSA) is 38.3 Å². The van der Waals surface area contributed by atoms with E-state index in [1.807, 2.05) is 18.2 Å². The lowest BCUT2D eigenvalue weighted by atomic mass is 10.0. The lowest BCUT2D eigenvalue weighted by molar-refractivity contribution is 0.200. The van der Waals surface area contributed by atoms with Crippen LogP contribution in [0.3, 0.4) is 0 Å². The first-order valence-electron chi connectivity index (χ1n) is 7.19. The number of hydrogen-bond donors (Lipinski definition) is 1. The van der Waals surface area contributed by atoms with Crippen LogP contribution in [0.5, 0.6) is 5.75 Å². The number of amides is 1. The summed E-state index contributed by atoms with van der Waals surface area (Å²) in [6.45, 7) is 5.19. The van der Waals surface area contributed by atoms with Gasteiger partial charge in [0.2, 0.25) is 0 Å². The molecule has 1 aromatic carbocycles. The van der Waals surface area contributed by atoms with Crippen molar-refractivity contribution in [3.05, 3.63) is 30.3 Å². The van der Waals surface area contributed by atoms with Gasteiger partial charge in [0.15, 0.2) is 0 Å². The van der Waals surface area contributed by atoms with Gasteiger partial charge < -0.3 is 10.1 Å². The molecule has 1 rings (SSSR count). The third-order valence-electron chi connectivity index (χ3n) is 2.93. The molecule has 0 aliphatic rings.